The van der Waals surface area contributed by atoms with Gasteiger partial charge in [0.15, 0.2) is 0 Å². The van der Waals surface area contributed by atoms with Crippen LogP contribution in [0, 0.1) is 5.82 Å². The summed E-state index contributed by atoms with van der Waals surface area (Å²) in [6.07, 6.45) is 0. The van der Waals surface area contributed by atoms with Crippen molar-refractivity contribution in [2.24, 2.45) is 5.73 Å². The molecule has 0 saturated carbocycles. The quantitative estimate of drug-likeness (QED) is 0.592. The molecule has 3 aromatic carbocycles. The van der Waals surface area contributed by atoms with Gasteiger partial charge in [-0.3, -0.25) is 4.79 Å². The van der Waals surface area contributed by atoms with E-state index in [4.69, 9.17) is 5.73 Å². The molecule has 1 amide bonds. The molecule has 0 atom stereocenters. The molecule has 130 valence electrons. The second-order valence-corrected chi connectivity index (χ2v) is 6.29. The lowest BCUT2D eigenvalue weighted by atomic mass is 10.0. The molecule has 0 saturated heterocycles. The summed E-state index contributed by atoms with van der Waals surface area (Å²) in [5, 5.41) is 11.2. The number of amides is 1. The minimum Gasteiger partial charge on any atom is -0.392 e. The Morgan fingerprint density at radius 3 is 2.42 bits per heavy atom. The fourth-order valence-electron chi connectivity index (χ4n) is 3.44. The van der Waals surface area contributed by atoms with Crippen LogP contribution in [-0.4, -0.2) is 15.6 Å². The molecular formula is C21H17FN2O2. The topological polar surface area (TPSA) is 68.2 Å². The average molecular weight is 348 g/mol. The van der Waals surface area contributed by atoms with Gasteiger partial charge in [-0.25, -0.2) is 4.39 Å². The average Bonchev–Trinajstić information content (AvgIpc) is 2.96. The molecular weight excluding hydrogens is 331 g/mol. The zero-order valence-corrected chi connectivity index (χ0v) is 13.9. The standard InChI is InChI=1S/C21H17FN2O2/c22-15-7-4-13(5-8-15)11-24-18-3-1-2-17(21(23)26)20(18)16-9-6-14(12-25)10-19(16)24/h1-10,25H,11-12H2,(H2,23,26). The van der Waals surface area contributed by atoms with Gasteiger partial charge in [0.1, 0.15) is 5.82 Å². The summed E-state index contributed by atoms with van der Waals surface area (Å²) in [5.41, 5.74) is 9.51. The van der Waals surface area contributed by atoms with Crippen LogP contribution in [0.15, 0.2) is 60.7 Å². The second-order valence-electron chi connectivity index (χ2n) is 6.29. The molecule has 0 unspecified atom stereocenters. The van der Waals surface area contributed by atoms with Gasteiger partial charge >= 0.3 is 0 Å². The van der Waals surface area contributed by atoms with Gasteiger partial charge in [0.2, 0.25) is 5.91 Å². The summed E-state index contributed by atoms with van der Waals surface area (Å²) in [7, 11) is 0. The van der Waals surface area contributed by atoms with Crippen molar-refractivity contribution >= 4 is 27.7 Å². The lowest BCUT2D eigenvalue weighted by Crippen LogP contribution is -2.11. The smallest absolute Gasteiger partial charge is 0.249 e. The molecule has 0 aliphatic heterocycles. The van der Waals surface area contributed by atoms with Crippen molar-refractivity contribution in [2.75, 3.05) is 0 Å². The molecule has 0 radical (unpaired) electrons. The molecule has 5 heteroatoms. The number of fused-ring (bicyclic) bond motifs is 3. The number of aromatic nitrogens is 1. The third-order valence-electron chi connectivity index (χ3n) is 4.66. The lowest BCUT2D eigenvalue weighted by Gasteiger charge is -2.09. The summed E-state index contributed by atoms with van der Waals surface area (Å²) in [6.45, 7) is 0.439. The second kappa shape index (κ2) is 6.28. The third-order valence-corrected chi connectivity index (χ3v) is 4.66. The fraction of sp³-hybridized carbons (Fsp3) is 0.0952. The van der Waals surface area contributed by atoms with Gasteiger partial charge in [-0.1, -0.05) is 30.3 Å². The van der Waals surface area contributed by atoms with E-state index in [1.54, 1.807) is 24.3 Å². The summed E-state index contributed by atoms with van der Waals surface area (Å²) >= 11 is 0. The first-order valence-corrected chi connectivity index (χ1v) is 8.27. The molecule has 0 bridgehead atoms. The summed E-state index contributed by atoms with van der Waals surface area (Å²) < 4.78 is 15.3. The van der Waals surface area contributed by atoms with E-state index in [9.17, 15) is 14.3 Å². The SMILES string of the molecule is NC(=O)c1cccc2c1c1ccc(CO)cc1n2Cc1ccc(F)cc1. The maximum absolute atomic E-state index is 13.2. The molecule has 3 N–H and O–H groups in total. The highest BCUT2D eigenvalue weighted by molar-refractivity contribution is 6.17. The Bertz CT molecular complexity index is 1130. The third kappa shape index (κ3) is 2.62. The molecule has 0 spiro atoms. The van der Waals surface area contributed by atoms with Gasteiger partial charge < -0.3 is 15.4 Å². The van der Waals surface area contributed by atoms with Crippen LogP contribution in [0.25, 0.3) is 21.8 Å². The van der Waals surface area contributed by atoms with E-state index in [-0.39, 0.29) is 12.4 Å². The number of rotatable bonds is 4. The van der Waals surface area contributed by atoms with Crippen LogP contribution in [0.2, 0.25) is 0 Å². The lowest BCUT2D eigenvalue weighted by molar-refractivity contribution is 0.100. The van der Waals surface area contributed by atoms with Crippen molar-refractivity contribution in [3.63, 3.8) is 0 Å². The Balaban J connectivity index is 2.03. The molecule has 0 fully saturated rings. The predicted molar refractivity (Wildman–Crippen MR) is 99.4 cm³/mol. The first kappa shape index (κ1) is 16.3. The normalized spacial score (nSPS) is 11.3. The van der Waals surface area contributed by atoms with E-state index in [0.717, 1.165) is 32.9 Å². The van der Waals surface area contributed by atoms with Crippen LogP contribution in [0.5, 0.6) is 0 Å². The molecule has 1 heterocycles. The molecule has 26 heavy (non-hydrogen) atoms. The molecule has 4 aromatic rings. The van der Waals surface area contributed by atoms with E-state index < -0.39 is 5.91 Å². The number of aliphatic hydroxyl groups excluding tert-OH is 1. The summed E-state index contributed by atoms with van der Waals surface area (Å²) in [6, 6.07) is 17.4. The first-order chi connectivity index (χ1) is 12.6. The Morgan fingerprint density at radius 2 is 1.73 bits per heavy atom. The number of hydrogen-bond acceptors (Lipinski definition) is 2. The number of primary amides is 1. The van der Waals surface area contributed by atoms with Crippen molar-refractivity contribution < 1.29 is 14.3 Å². The number of aliphatic hydroxyl groups is 1. The zero-order chi connectivity index (χ0) is 18.3. The van der Waals surface area contributed by atoms with Gasteiger partial charge in [-0.05, 0) is 41.5 Å². The van der Waals surface area contributed by atoms with Crippen molar-refractivity contribution in [3.8, 4) is 0 Å². The molecule has 0 aliphatic carbocycles. The molecule has 1 aromatic heterocycles. The fourth-order valence-corrected chi connectivity index (χ4v) is 3.44. The molecule has 0 aliphatic rings. The highest BCUT2D eigenvalue weighted by Crippen LogP contribution is 2.33. The van der Waals surface area contributed by atoms with Gasteiger partial charge in [0.25, 0.3) is 0 Å². The number of nitrogens with zero attached hydrogens (tertiary/aromatic N) is 1. The van der Waals surface area contributed by atoms with Crippen molar-refractivity contribution in [3.05, 3.63) is 83.2 Å². The van der Waals surface area contributed by atoms with Crippen LogP contribution < -0.4 is 5.73 Å². The Hall–Kier alpha value is -3.18. The van der Waals surface area contributed by atoms with E-state index in [2.05, 4.69) is 4.57 Å². The predicted octanol–water partition coefficient (Wildman–Crippen LogP) is 3.57. The minimum absolute atomic E-state index is 0.0727. The van der Waals surface area contributed by atoms with Crippen LogP contribution in [-0.2, 0) is 13.2 Å². The van der Waals surface area contributed by atoms with Crippen molar-refractivity contribution in [1.29, 1.82) is 0 Å². The molecule has 4 rings (SSSR count). The zero-order valence-electron chi connectivity index (χ0n) is 13.9. The van der Waals surface area contributed by atoms with Crippen molar-refractivity contribution in [1.82, 2.24) is 4.57 Å². The number of nitrogens with two attached hydrogens (primary N) is 1. The first-order valence-electron chi connectivity index (χ1n) is 8.27. The Kier molecular flexibility index (Phi) is 3.93. The highest BCUT2D eigenvalue weighted by Gasteiger charge is 2.16. The monoisotopic (exact) mass is 348 g/mol. The van der Waals surface area contributed by atoms with Crippen LogP contribution >= 0.6 is 0 Å². The maximum atomic E-state index is 13.2. The number of carbonyl (C=O) groups excluding carboxylic acids is 1. The molecule has 4 nitrogen and oxygen atoms in total. The minimum atomic E-state index is -0.484. The van der Waals surface area contributed by atoms with Gasteiger partial charge in [0.05, 0.1) is 12.1 Å². The van der Waals surface area contributed by atoms with Gasteiger partial charge in [0, 0.05) is 28.4 Å². The summed E-state index contributed by atoms with van der Waals surface area (Å²) in [4.78, 5) is 11.9. The number of carbonyl (C=O) groups is 1. The van der Waals surface area contributed by atoms with Crippen LogP contribution in [0.1, 0.15) is 21.5 Å². The number of benzene rings is 3. The Labute approximate surface area is 149 Å². The van der Waals surface area contributed by atoms with Crippen LogP contribution in [0.3, 0.4) is 0 Å². The van der Waals surface area contributed by atoms with E-state index >= 15 is 0 Å². The summed E-state index contributed by atoms with van der Waals surface area (Å²) in [5.74, 6) is -0.766. The maximum Gasteiger partial charge on any atom is 0.249 e. The van der Waals surface area contributed by atoms with E-state index in [1.165, 1.54) is 12.1 Å². The van der Waals surface area contributed by atoms with E-state index in [1.807, 2.05) is 24.3 Å². The van der Waals surface area contributed by atoms with E-state index in [0.29, 0.717) is 12.1 Å². The largest absolute Gasteiger partial charge is 0.392 e. The highest BCUT2D eigenvalue weighted by atomic mass is 19.1. The van der Waals surface area contributed by atoms with Gasteiger partial charge in [-0.2, -0.15) is 0 Å². The van der Waals surface area contributed by atoms with Gasteiger partial charge in [-0.15, -0.1) is 0 Å². The number of hydrogen-bond donors (Lipinski definition) is 2. The number of halogens is 1. The van der Waals surface area contributed by atoms with Crippen LogP contribution in [0.4, 0.5) is 4.39 Å². The Morgan fingerprint density at radius 1 is 1.00 bits per heavy atom. The van der Waals surface area contributed by atoms with Crippen molar-refractivity contribution in [2.45, 2.75) is 13.2 Å².